The molecule has 0 saturated heterocycles. The average molecular weight is 278 g/mol. The van der Waals surface area contributed by atoms with E-state index >= 15 is 0 Å². The molecule has 0 aromatic heterocycles. The first-order valence-corrected chi connectivity index (χ1v) is 7.42. The molecule has 1 aromatic rings. The molecule has 1 aliphatic carbocycles. The van der Waals surface area contributed by atoms with Crippen molar-refractivity contribution >= 4 is 11.6 Å². The largest absolute Gasteiger partial charge is 0.325 e. The molecule has 4 heteroatoms. The lowest BCUT2D eigenvalue weighted by Gasteiger charge is -2.16. The van der Waals surface area contributed by atoms with Crippen molar-refractivity contribution < 1.29 is 9.18 Å². The van der Waals surface area contributed by atoms with Gasteiger partial charge in [-0.15, -0.1) is 0 Å². The van der Waals surface area contributed by atoms with Crippen LogP contribution >= 0.6 is 0 Å². The van der Waals surface area contributed by atoms with Gasteiger partial charge in [-0.1, -0.05) is 19.8 Å². The van der Waals surface area contributed by atoms with Crippen molar-refractivity contribution in [3.05, 3.63) is 30.1 Å². The lowest BCUT2D eigenvalue weighted by atomic mass is 10.0. The van der Waals surface area contributed by atoms with Gasteiger partial charge in [0.25, 0.3) is 0 Å². The standard InChI is InChI=1S/C16H23FN2O/c1-12-3-2-4-14(8-5-12)18-11-16(20)19-15-9-6-13(17)7-10-15/h6-7,9-10,12,14,18H,2-5,8,11H2,1H3,(H,19,20). The molecule has 0 radical (unpaired) electrons. The summed E-state index contributed by atoms with van der Waals surface area (Å²) in [6, 6.07) is 6.27. The second kappa shape index (κ2) is 7.39. The first-order valence-electron chi connectivity index (χ1n) is 7.42. The summed E-state index contributed by atoms with van der Waals surface area (Å²) in [6.07, 6.45) is 6.05. The average Bonchev–Trinajstić information content (AvgIpc) is 2.64. The first-order chi connectivity index (χ1) is 9.63. The monoisotopic (exact) mass is 278 g/mol. The zero-order valence-corrected chi connectivity index (χ0v) is 12.0. The highest BCUT2D eigenvalue weighted by atomic mass is 19.1. The topological polar surface area (TPSA) is 41.1 Å². The lowest BCUT2D eigenvalue weighted by molar-refractivity contribution is -0.115. The van der Waals surface area contributed by atoms with E-state index in [0.717, 1.165) is 18.8 Å². The molecule has 20 heavy (non-hydrogen) atoms. The first kappa shape index (κ1) is 15.0. The number of hydrogen-bond donors (Lipinski definition) is 2. The predicted molar refractivity (Wildman–Crippen MR) is 79.1 cm³/mol. The summed E-state index contributed by atoms with van der Waals surface area (Å²) in [5, 5.41) is 6.09. The van der Waals surface area contributed by atoms with E-state index in [1.54, 1.807) is 12.1 Å². The normalized spacial score (nSPS) is 23.1. The molecular formula is C16H23FN2O. The molecule has 0 bridgehead atoms. The molecule has 1 aromatic carbocycles. The van der Waals surface area contributed by atoms with Crippen LogP contribution < -0.4 is 10.6 Å². The van der Waals surface area contributed by atoms with Crippen LogP contribution in [0.4, 0.5) is 10.1 Å². The number of carbonyl (C=O) groups excluding carboxylic acids is 1. The summed E-state index contributed by atoms with van der Waals surface area (Å²) in [5.41, 5.74) is 0.632. The van der Waals surface area contributed by atoms with E-state index in [1.807, 2.05) is 0 Å². The minimum absolute atomic E-state index is 0.0751. The molecule has 2 N–H and O–H groups in total. The molecule has 1 fully saturated rings. The molecule has 2 rings (SSSR count). The van der Waals surface area contributed by atoms with Crippen molar-refractivity contribution in [1.29, 1.82) is 0 Å². The summed E-state index contributed by atoms with van der Waals surface area (Å²) >= 11 is 0. The molecule has 1 aliphatic rings. The van der Waals surface area contributed by atoms with Crippen molar-refractivity contribution in [2.45, 2.75) is 45.1 Å². The van der Waals surface area contributed by atoms with E-state index in [1.165, 1.54) is 31.4 Å². The molecule has 1 amide bonds. The molecule has 110 valence electrons. The van der Waals surface area contributed by atoms with Gasteiger partial charge in [-0.2, -0.15) is 0 Å². The highest BCUT2D eigenvalue weighted by Crippen LogP contribution is 2.22. The molecule has 2 unspecified atom stereocenters. The predicted octanol–water partition coefficient (Wildman–Crippen LogP) is 3.32. The zero-order valence-electron chi connectivity index (χ0n) is 12.0. The lowest BCUT2D eigenvalue weighted by Crippen LogP contribution is -2.35. The molecule has 0 spiro atoms. The van der Waals surface area contributed by atoms with Crippen LogP contribution in [0, 0.1) is 11.7 Å². The Morgan fingerprint density at radius 3 is 2.70 bits per heavy atom. The van der Waals surface area contributed by atoms with Crippen LogP contribution in [0.15, 0.2) is 24.3 Å². The molecular weight excluding hydrogens is 255 g/mol. The Kier molecular flexibility index (Phi) is 5.53. The van der Waals surface area contributed by atoms with E-state index in [-0.39, 0.29) is 11.7 Å². The molecule has 3 nitrogen and oxygen atoms in total. The van der Waals surface area contributed by atoms with Gasteiger partial charge < -0.3 is 10.6 Å². The second-order valence-corrected chi connectivity index (χ2v) is 5.75. The number of anilines is 1. The van der Waals surface area contributed by atoms with Crippen LogP contribution in [0.25, 0.3) is 0 Å². The number of amides is 1. The zero-order chi connectivity index (χ0) is 14.4. The van der Waals surface area contributed by atoms with Crippen LogP contribution in [0.1, 0.15) is 39.0 Å². The van der Waals surface area contributed by atoms with Gasteiger partial charge in [0.05, 0.1) is 6.54 Å². The summed E-state index contributed by atoms with van der Waals surface area (Å²) in [6.45, 7) is 2.61. The molecule has 2 atom stereocenters. The molecule has 0 heterocycles. The van der Waals surface area contributed by atoms with Crippen LogP contribution in [0.5, 0.6) is 0 Å². The number of benzene rings is 1. The van der Waals surface area contributed by atoms with Crippen molar-refractivity contribution in [1.82, 2.24) is 5.32 Å². The van der Waals surface area contributed by atoms with Crippen molar-refractivity contribution in [2.24, 2.45) is 5.92 Å². The smallest absolute Gasteiger partial charge is 0.238 e. The summed E-state index contributed by atoms with van der Waals surface area (Å²) in [4.78, 5) is 11.8. The Balaban J connectivity index is 1.73. The molecule has 1 saturated carbocycles. The van der Waals surface area contributed by atoms with Crippen LogP contribution in [-0.2, 0) is 4.79 Å². The Labute approximate surface area is 120 Å². The highest BCUT2D eigenvalue weighted by molar-refractivity contribution is 5.92. The summed E-state index contributed by atoms with van der Waals surface area (Å²) in [5.74, 6) is 0.428. The maximum Gasteiger partial charge on any atom is 0.238 e. The summed E-state index contributed by atoms with van der Waals surface area (Å²) in [7, 11) is 0. The Hall–Kier alpha value is -1.42. The van der Waals surface area contributed by atoms with Gasteiger partial charge in [0.2, 0.25) is 5.91 Å². The minimum atomic E-state index is -0.298. The number of rotatable bonds is 4. The van der Waals surface area contributed by atoms with E-state index < -0.39 is 0 Å². The second-order valence-electron chi connectivity index (χ2n) is 5.75. The van der Waals surface area contributed by atoms with Crippen LogP contribution in [-0.4, -0.2) is 18.5 Å². The van der Waals surface area contributed by atoms with Crippen molar-refractivity contribution in [3.63, 3.8) is 0 Å². The quantitative estimate of drug-likeness (QED) is 0.830. The number of hydrogen-bond acceptors (Lipinski definition) is 2. The number of halogens is 1. The fourth-order valence-corrected chi connectivity index (χ4v) is 2.67. The highest BCUT2D eigenvalue weighted by Gasteiger charge is 2.16. The third-order valence-corrected chi connectivity index (χ3v) is 3.94. The van der Waals surface area contributed by atoms with Crippen LogP contribution in [0.2, 0.25) is 0 Å². The van der Waals surface area contributed by atoms with Gasteiger partial charge in [-0.05, 0) is 49.4 Å². The maximum atomic E-state index is 12.8. The minimum Gasteiger partial charge on any atom is -0.325 e. The SMILES string of the molecule is CC1CCCC(NCC(=O)Nc2ccc(F)cc2)CC1. The molecule has 0 aliphatic heterocycles. The number of nitrogens with one attached hydrogen (secondary N) is 2. The van der Waals surface area contributed by atoms with E-state index in [9.17, 15) is 9.18 Å². The van der Waals surface area contributed by atoms with Crippen molar-refractivity contribution in [3.8, 4) is 0 Å². The van der Waals surface area contributed by atoms with E-state index in [2.05, 4.69) is 17.6 Å². The third-order valence-electron chi connectivity index (χ3n) is 3.94. The van der Waals surface area contributed by atoms with Crippen LogP contribution in [0.3, 0.4) is 0 Å². The Bertz CT molecular complexity index is 433. The van der Waals surface area contributed by atoms with E-state index in [0.29, 0.717) is 18.3 Å². The van der Waals surface area contributed by atoms with Gasteiger partial charge in [0.1, 0.15) is 5.82 Å². The Morgan fingerprint density at radius 1 is 1.20 bits per heavy atom. The van der Waals surface area contributed by atoms with Gasteiger partial charge in [0.15, 0.2) is 0 Å². The fourth-order valence-electron chi connectivity index (χ4n) is 2.67. The van der Waals surface area contributed by atoms with Crippen molar-refractivity contribution in [2.75, 3.05) is 11.9 Å². The van der Waals surface area contributed by atoms with Gasteiger partial charge in [0, 0.05) is 11.7 Å². The van der Waals surface area contributed by atoms with Gasteiger partial charge >= 0.3 is 0 Å². The maximum absolute atomic E-state index is 12.8. The van der Waals surface area contributed by atoms with Gasteiger partial charge in [-0.25, -0.2) is 4.39 Å². The van der Waals surface area contributed by atoms with E-state index in [4.69, 9.17) is 0 Å². The summed E-state index contributed by atoms with van der Waals surface area (Å²) < 4.78 is 12.8. The Morgan fingerprint density at radius 2 is 1.95 bits per heavy atom. The third kappa shape index (κ3) is 4.93. The fraction of sp³-hybridized carbons (Fsp3) is 0.562. The number of carbonyl (C=O) groups is 1. The van der Waals surface area contributed by atoms with Gasteiger partial charge in [-0.3, -0.25) is 4.79 Å².